The van der Waals surface area contributed by atoms with Crippen LogP contribution in [0, 0.1) is 0 Å². The summed E-state index contributed by atoms with van der Waals surface area (Å²) in [5.74, 6) is 0.0432. The number of rotatable bonds is 3. The minimum absolute atomic E-state index is 0.0432. The zero-order chi connectivity index (χ0) is 16.4. The van der Waals surface area contributed by atoms with Gasteiger partial charge in [-0.2, -0.15) is 5.10 Å². The van der Waals surface area contributed by atoms with E-state index in [1.165, 1.54) is 0 Å². The van der Waals surface area contributed by atoms with Gasteiger partial charge in [-0.15, -0.1) is 0 Å². The molecule has 0 atom stereocenters. The second kappa shape index (κ2) is 6.72. The van der Waals surface area contributed by atoms with E-state index in [4.69, 9.17) is 11.6 Å². The molecule has 0 unspecified atom stereocenters. The van der Waals surface area contributed by atoms with Gasteiger partial charge in [0.05, 0.1) is 17.4 Å². The summed E-state index contributed by atoms with van der Waals surface area (Å²) in [6.07, 6.45) is 3.39. The first-order valence-corrected chi connectivity index (χ1v) is 8.26. The lowest BCUT2D eigenvalue weighted by molar-refractivity contribution is 0.0595. The van der Waals surface area contributed by atoms with Crippen LogP contribution >= 0.6 is 11.6 Å². The van der Waals surface area contributed by atoms with Crippen molar-refractivity contribution in [1.82, 2.24) is 19.6 Å². The third kappa shape index (κ3) is 3.57. The van der Waals surface area contributed by atoms with Gasteiger partial charge in [-0.05, 0) is 32.0 Å². The summed E-state index contributed by atoms with van der Waals surface area (Å²) in [5.41, 5.74) is 1.46. The molecule has 1 fully saturated rings. The topological polar surface area (TPSA) is 41.4 Å². The van der Waals surface area contributed by atoms with Crippen LogP contribution in [0.25, 0.3) is 5.69 Å². The molecule has 2 heterocycles. The number of hydrogen-bond donors (Lipinski definition) is 0. The highest BCUT2D eigenvalue weighted by Crippen LogP contribution is 2.16. The lowest BCUT2D eigenvalue weighted by Gasteiger charge is -2.36. The van der Waals surface area contributed by atoms with E-state index in [1.54, 1.807) is 17.1 Å². The molecule has 5 nitrogen and oxygen atoms in total. The van der Waals surface area contributed by atoms with Crippen LogP contribution < -0.4 is 0 Å². The largest absolute Gasteiger partial charge is 0.336 e. The first-order chi connectivity index (χ1) is 11.0. The molecule has 23 heavy (non-hydrogen) atoms. The number of halogens is 1. The molecule has 1 aliphatic rings. The Balaban J connectivity index is 1.70. The molecule has 0 bridgehead atoms. The maximum Gasteiger partial charge on any atom is 0.257 e. The standard InChI is InChI=1S/C17H21ClN4O/c1-13(2)20-6-8-21(9-7-20)17(23)14-11-19-22(12-14)16-5-3-4-15(18)10-16/h3-5,10-13H,6-9H2,1-2H3. The molecule has 6 heteroatoms. The maximum atomic E-state index is 12.6. The first-order valence-electron chi connectivity index (χ1n) is 7.88. The second-order valence-electron chi connectivity index (χ2n) is 6.08. The number of benzene rings is 1. The Morgan fingerprint density at radius 2 is 1.96 bits per heavy atom. The van der Waals surface area contributed by atoms with E-state index in [0.717, 1.165) is 31.9 Å². The van der Waals surface area contributed by atoms with Crippen LogP contribution in [-0.2, 0) is 0 Å². The maximum absolute atomic E-state index is 12.6. The fraction of sp³-hybridized carbons (Fsp3) is 0.412. The number of amides is 1. The molecule has 2 aromatic rings. The molecule has 1 amide bonds. The Morgan fingerprint density at radius 1 is 1.22 bits per heavy atom. The van der Waals surface area contributed by atoms with Crippen LogP contribution in [0.2, 0.25) is 5.02 Å². The number of hydrogen-bond acceptors (Lipinski definition) is 3. The highest BCUT2D eigenvalue weighted by atomic mass is 35.5. The summed E-state index contributed by atoms with van der Waals surface area (Å²) in [6.45, 7) is 7.75. The molecule has 1 aromatic heterocycles. The van der Waals surface area contributed by atoms with Gasteiger partial charge in [0, 0.05) is 43.4 Å². The van der Waals surface area contributed by atoms with E-state index in [1.807, 2.05) is 29.2 Å². The molecular formula is C17H21ClN4O. The molecule has 0 aliphatic carbocycles. The van der Waals surface area contributed by atoms with Crippen molar-refractivity contribution in [3.8, 4) is 5.69 Å². The quantitative estimate of drug-likeness (QED) is 0.867. The van der Waals surface area contributed by atoms with Gasteiger partial charge in [-0.25, -0.2) is 4.68 Å². The minimum Gasteiger partial charge on any atom is -0.336 e. The summed E-state index contributed by atoms with van der Waals surface area (Å²) < 4.78 is 1.68. The number of carbonyl (C=O) groups excluding carboxylic acids is 1. The highest BCUT2D eigenvalue weighted by molar-refractivity contribution is 6.30. The van der Waals surface area contributed by atoms with Crippen LogP contribution in [0.15, 0.2) is 36.7 Å². The molecule has 3 rings (SSSR count). The van der Waals surface area contributed by atoms with Crippen molar-refractivity contribution in [3.63, 3.8) is 0 Å². The van der Waals surface area contributed by atoms with Crippen LogP contribution in [0.3, 0.4) is 0 Å². The van der Waals surface area contributed by atoms with Crippen molar-refractivity contribution in [2.45, 2.75) is 19.9 Å². The van der Waals surface area contributed by atoms with E-state index in [0.29, 0.717) is 16.6 Å². The van der Waals surface area contributed by atoms with Crippen molar-refractivity contribution in [2.24, 2.45) is 0 Å². The van der Waals surface area contributed by atoms with Gasteiger partial charge in [-0.3, -0.25) is 9.69 Å². The zero-order valence-electron chi connectivity index (χ0n) is 13.4. The lowest BCUT2D eigenvalue weighted by atomic mass is 10.2. The highest BCUT2D eigenvalue weighted by Gasteiger charge is 2.24. The van der Waals surface area contributed by atoms with Gasteiger partial charge in [-0.1, -0.05) is 17.7 Å². The molecule has 122 valence electrons. The van der Waals surface area contributed by atoms with E-state index < -0.39 is 0 Å². The summed E-state index contributed by atoms with van der Waals surface area (Å²) in [4.78, 5) is 16.9. The molecular weight excluding hydrogens is 312 g/mol. The van der Waals surface area contributed by atoms with Crippen molar-refractivity contribution in [1.29, 1.82) is 0 Å². The van der Waals surface area contributed by atoms with Crippen LogP contribution in [0.4, 0.5) is 0 Å². The fourth-order valence-electron chi connectivity index (χ4n) is 2.82. The SMILES string of the molecule is CC(C)N1CCN(C(=O)c2cnn(-c3cccc(Cl)c3)c2)CC1. The zero-order valence-corrected chi connectivity index (χ0v) is 14.2. The average Bonchev–Trinajstić information content (AvgIpc) is 3.04. The average molecular weight is 333 g/mol. The van der Waals surface area contributed by atoms with Crippen molar-refractivity contribution >= 4 is 17.5 Å². The van der Waals surface area contributed by atoms with Gasteiger partial charge < -0.3 is 4.90 Å². The molecule has 0 saturated carbocycles. The third-order valence-electron chi connectivity index (χ3n) is 4.23. The first kappa shape index (κ1) is 16.0. The van der Waals surface area contributed by atoms with Gasteiger partial charge in [0.1, 0.15) is 0 Å². The van der Waals surface area contributed by atoms with Crippen molar-refractivity contribution in [3.05, 3.63) is 47.2 Å². The molecule has 0 N–H and O–H groups in total. The predicted molar refractivity (Wildman–Crippen MR) is 91.2 cm³/mol. The van der Waals surface area contributed by atoms with Gasteiger partial charge in [0.2, 0.25) is 0 Å². The second-order valence-corrected chi connectivity index (χ2v) is 6.51. The van der Waals surface area contributed by atoms with Crippen LogP contribution in [0.1, 0.15) is 24.2 Å². The van der Waals surface area contributed by atoms with Crippen molar-refractivity contribution < 1.29 is 4.79 Å². The number of nitrogens with zero attached hydrogens (tertiary/aromatic N) is 4. The Labute approximate surface area is 141 Å². The Kier molecular flexibility index (Phi) is 4.68. The molecule has 1 aliphatic heterocycles. The van der Waals surface area contributed by atoms with Crippen LogP contribution in [-0.4, -0.2) is 57.7 Å². The smallest absolute Gasteiger partial charge is 0.257 e. The molecule has 0 spiro atoms. The minimum atomic E-state index is 0.0432. The molecule has 0 radical (unpaired) electrons. The Morgan fingerprint density at radius 3 is 2.61 bits per heavy atom. The van der Waals surface area contributed by atoms with Crippen molar-refractivity contribution in [2.75, 3.05) is 26.2 Å². The van der Waals surface area contributed by atoms with E-state index in [9.17, 15) is 4.79 Å². The molecule has 1 aromatic carbocycles. The summed E-state index contributed by atoms with van der Waals surface area (Å²) >= 11 is 6.00. The van der Waals surface area contributed by atoms with Crippen LogP contribution in [0.5, 0.6) is 0 Å². The number of aromatic nitrogens is 2. The fourth-order valence-corrected chi connectivity index (χ4v) is 3.00. The van der Waals surface area contributed by atoms with E-state index >= 15 is 0 Å². The monoisotopic (exact) mass is 332 g/mol. The van der Waals surface area contributed by atoms with E-state index in [-0.39, 0.29) is 5.91 Å². The number of carbonyl (C=O) groups is 1. The number of piperazine rings is 1. The van der Waals surface area contributed by atoms with Gasteiger partial charge >= 0.3 is 0 Å². The summed E-state index contributed by atoms with van der Waals surface area (Å²) in [5, 5.41) is 4.94. The van der Waals surface area contributed by atoms with Gasteiger partial charge in [0.25, 0.3) is 5.91 Å². The lowest BCUT2D eigenvalue weighted by Crippen LogP contribution is -2.50. The predicted octanol–water partition coefficient (Wildman–Crippen LogP) is 2.69. The summed E-state index contributed by atoms with van der Waals surface area (Å²) in [7, 11) is 0. The van der Waals surface area contributed by atoms with Gasteiger partial charge in [0.15, 0.2) is 0 Å². The Bertz CT molecular complexity index is 689. The normalized spacial score (nSPS) is 16.1. The Hall–Kier alpha value is -1.85. The van der Waals surface area contributed by atoms with E-state index in [2.05, 4.69) is 23.8 Å². The summed E-state index contributed by atoms with van der Waals surface area (Å²) in [6, 6.07) is 7.94. The third-order valence-corrected chi connectivity index (χ3v) is 4.47. The molecule has 1 saturated heterocycles.